The van der Waals surface area contributed by atoms with Crippen LogP contribution in [0.1, 0.15) is 26.2 Å². The van der Waals surface area contributed by atoms with Crippen molar-refractivity contribution in [2.45, 2.75) is 37.4 Å². The lowest BCUT2D eigenvalue weighted by Crippen LogP contribution is -2.05. The highest BCUT2D eigenvalue weighted by Gasteiger charge is 2.17. The van der Waals surface area contributed by atoms with Crippen molar-refractivity contribution in [1.29, 1.82) is 0 Å². The Morgan fingerprint density at radius 3 is 2.67 bits per heavy atom. The number of benzene rings is 1. The van der Waals surface area contributed by atoms with Gasteiger partial charge in [-0.25, -0.2) is 18.2 Å². The molecule has 2 aromatic rings. The molecule has 0 spiro atoms. The van der Waals surface area contributed by atoms with Gasteiger partial charge in [-0.1, -0.05) is 13.0 Å². The number of nitrogens with zero attached hydrogens (tertiary/aromatic N) is 1. The van der Waals surface area contributed by atoms with Crippen molar-refractivity contribution in [2.24, 2.45) is 0 Å². The van der Waals surface area contributed by atoms with Crippen molar-refractivity contribution in [2.75, 3.05) is 12.4 Å². The number of alkyl halides is 1. The van der Waals surface area contributed by atoms with E-state index in [1.54, 1.807) is 19.1 Å². The molecule has 0 aliphatic heterocycles. The van der Waals surface area contributed by atoms with Gasteiger partial charge in [0.2, 0.25) is 0 Å². The van der Waals surface area contributed by atoms with Gasteiger partial charge in [-0.05, 0) is 36.6 Å². The van der Waals surface area contributed by atoms with Crippen LogP contribution in [0.2, 0.25) is 0 Å². The van der Waals surface area contributed by atoms with Crippen LogP contribution < -0.4 is 4.74 Å². The molecule has 146 valence electrons. The zero-order chi connectivity index (χ0) is 19.8. The van der Waals surface area contributed by atoms with Gasteiger partial charge >= 0.3 is 5.97 Å². The first-order valence-electron chi connectivity index (χ1n) is 8.48. The van der Waals surface area contributed by atoms with Gasteiger partial charge in [0, 0.05) is 23.9 Å². The van der Waals surface area contributed by atoms with Crippen LogP contribution in [0.25, 0.3) is 11.1 Å². The van der Waals surface area contributed by atoms with Gasteiger partial charge in [-0.2, -0.15) is 0 Å². The van der Waals surface area contributed by atoms with Gasteiger partial charge in [0.15, 0.2) is 17.4 Å². The van der Waals surface area contributed by atoms with Crippen LogP contribution in [-0.2, 0) is 4.79 Å². The van der Waals surface area contributed by atoms with E-state index in [9.17, 15) is 18.0 Å². The summed E-state index contributed by atoms with van der Waals surface area (Å²) in [6.07, 6.45) is 0.927. The number of hydrogen-bond acceptors (Lipinski definition) is 4. The predicted octanol–water partition coefficient (Wildman–Crippen LogP) is 5.11. The number of thioether (sulfide) groups is 1. The number of rotatable bonds is 10. The maximum Gasteiger partial charge on any atom is 0.303 e. The van der Waals surface area contributed by atoms with Gasteiger partial charge in [0.05, 0.1) is 6.61 Å². The lowest BCUT2D eigenvalue weighted by atomic mass is 10.1. The number of ether oxygens (including phenoxy) is 1. The Bertz CT molecular complexity index is 766. The zero-order valence-electron chi connectivity index (χ0n) is 14.8. The Kier molecular flexibility index (Phi) is 7.97. The minimum atomic E-state index is -1.00. The second kappa shape index (κ2) is 10.2. The molecule has 0 saturated carbocycles. The van der Waals surface area contributed by atoms with Crippen LogP contribution in [0.15, 0.2) is 35.5 Å². The third-order valence-electron chi connectivity index (χ3n) is 3.71. The van der Waals surface area contributed by atoms with Crippen molar-refractivity contribution in [3.8, 4) is 16.9 Å². The van der Waals surface area contributed by atoms with E-state index in [1.807, 2.05) is 0 Å². The molecule has 0 bridgehead atoms. The average Bonchev–Trinajstić information content (AvgIpc) is 2.64. The molecule has 0 radical (unpaired) electrons. The van der Waals surface area contributed by atoms with Crippen LogP contribution in [0, 0.1) is 11.6 Å². The summed E-state index contributed by atoms with van der Waals surface area (Å²) in [5, 5.41) is 9.06. The number of aliphatic carboxylic acids is 1. The van der Waals surface area contributed by atoms with E-state index in [-0.39, 0.29) is 30.8 Å². The largest absolute Gasteiger partial charge is 0.488 e. The lowest BCUT2D eigenvalue weighted by molar-refractivity contribution is -0.137. The standard InChI is InChI=1S/C19H20F3NO3S/c1-2-13(20)11-27-19-14(5-3-7-23-19)12-9-15(21)18(16(22)10-12)26-8-4-6-17(24)25/h3,5,7,9-10,13H,2,4,6,8,11H2,1H3,(H,24,25). The van der Waals surface area contributed by atoms with E-state index in [2.05, 4.69) is 4.98 Å². The Balaban J connectivity index is 2.19. The van der Waals surface area contributed by atoms with Crippen LogP contribution in [0.5, 0.6) is 5.75 Å². The third kappa shape index (κ3) is 6.16. The first kappa shape index (κ1) is 21.1. The van der Waals surface area contributed by atoms with Gasteiger partial charge < -0.3 is 9.84 Å². The molecule has 27 heavy (non-hydrogen) atoms. The molecule has 2 rings (SSSR count). The predicted molar refractivity (Wildman–Crippen MR) is 97.9 cm³/mol. The number of pyridine rings is 1. The van der Waals surface area contributed by atoms with Crippen molar-refractivity contribution in [1.82, 2.24) is 4.98 Å². The zero-order valence-corrected chi connectivity index (χ0v) is 15.6. The quantitative estimate of drug-likeness (QED) is 0.444. The molecule has 1 heterocycles. The molecule has 1 atom stereocenters. The highest BCUT2D eigenvalue weighted by atomic mass is 32.2. The number of aromatic nitrogens is 1. The number of carboxylic acids is 1. The van der Waals surface area contributed by atoms with E-state index in [1.165, 1.54) is 18.0 Å². The van der Waals surface area contributed by atoms with Crippen LogP contribution in [-0.4, -0.2) is 34.6 Å². The Morgan fingerprint density at radius 1 is 1.33 bits per heavy atom. The smallest absolute Gasteiger partial charge is 0.303 e. The Morgan fingerprint density at radius 2 is 2.04 bits per heavy atom. The van der Waals surface area contributed by atoms with Crippen LogP contribution >= 0.6 is 11.8 Å². The molecular formula is C19H20F3NO3S. The molecule has 0 fully saturated rings. The Labute approximate surface area is 159 Å². The van der Waals surface area contributed by atoms with Crippen LogP contribution in [0.3, 0.4) is 0 Å². The van der Waals surface area contributed by atoms with Gasteiger partial charge in [0.25, 0.3) is 0 Å². The summed E-state index contributed by atoms with van der Waals surface area (Å²) < 4.78 is 47.2. The molecule has 1 unspecified atom stereocenters. The number of hydrogen-bond donors (Lipinski definition) is 1. The third-order valence-corrected chi connectivity index (χ3v) is 4.83. The first-order valence-corrected chi connectivity index (χ1v) is 9.46. The lowest BCUT2D eigenvalue weighted by Gasteiger charge is -2.12. The molecule has 0 aliphatic carbocycles. The normalized spacial score (nSPS) is 12.0. The number of carboxylic acid groups (broad SMARTS) is 1. The fourth-order valence-electron chi connectivity index (χ4n) is 2.26. The van der Waals surface area contributed by atoms with E-state index in [4.69, 9.17) is 9.84 Å². The minimum Gasteiger partial charge on any atom is -0.488 e. The number of halogens is 3. The van der Waals surface area contributed by atoms with Gasteiger partial charge in [0.1, 0.15) is 11.2 Å². The maximum atomic E-state index is 14.3. The summed E-state index contributed by atoms with van der Waals surface area (Å²) in [7, 11) is 0. The number of carbonyl (C=O) groups is 1. The molecular weight excluding hydrogens is 379 g/mol. The van der Waals surface area contributed by atoms with E-state index in [0.717, 1.165) is 12.1 Å². The van der Waals surface area contributed by atoms with Crippen LogP contribution in [0.4, 0.5) is 13.2 Å². The fraction of sp³-hybridized carbons (Fsp3) is 0.368. The monoisotopic (exact) mass is 399 g/mol. The summed E-state index contributed by atoms with van der Waals surface area (Å²) in [5.41, 5.74) is 0.770. The molecule has 1 N–H and O–H groups in total. The SMILES string of the molecule is CCC(F)CSc1ncccc1-c1cc(F)c(OCCCC(=O)O)c(F)c1. The highest BCUT2D eigenvalue weighted by molar-refractivity contribution is 7.99. The summed E-state index contributed by atoms with van der Waals surface area (Å²) >= 11 is 1.19. The molecule has 0 saturated heterocycles. The molecule has 4 nitrogen and oxygen atoms in total. The first-order chi connectivity index (χ1) is 12.9. The maximum absolute atomic E-state index is 14.3. The minimum absolute atomic E-state index is 0.109. The van der Waals surface area contributed by atoms with Crippen molar-refractivity contribution >= 4 is 17.7 Å². The summed E-state index contributed by atoms with van der Waals surface area (Å²) in [5.74, 6) is -3.13. The van der Waals surface area contributed by atoms with E-state index in [0.29, 0.717) is 17.0 Å². The second-order valence-electron chi connectivity index (χ2n) is 5.79. The molecule has 1 aromatic heterocycles. The summed E-state index contributed by atoms with van der Waals surface area (Å²) in [6, 6.07) is 5.56. The molecule has 1 aromatic carbocycles. The van der Waals surface area contributed by atoms with Crippen molar-refractivity contribution in [3.05, 3.63) is 42.1 Å². The van der Waals surface area contributed by atoms with E-state index >= 15 is 0 Å². The van der Waals surface area contributed by atoms with E-state index < -0.39 is 29.5 Å². The van der Waals surface area contributed by atoms with Gasteiger partial charge in [-0.15, -0.1) is 11.8 Å². The summed E-state index contributed by atoms with van der Waals surface area (Å²) in [6.45, 7) is 1.63. The fourth-order valence-corrected chi connectivity index (χ4v) is 3.31. The van der Waals surface area contributed by atoms with Crippen molar-refractivity contribution < 1.29 is 27.8 Å². The second-order valence-corrected chi connectivity index (χ2v) is 6.80. The average molecular weight is 399 g/mol. The van der Waals surface area contributed by atoms with Gasteiger partial charge in [-0.3, -0.25) is 4.79 Å². The topological polar surface area (TPSA) is 59.4 Å². The van der Waals surface area contributed by atoms with Crippen molar-refractivity contribution in [3.63, 3.8) is 0 Å². The molecule has 0 amide bonds. The summed E-state index contributed by atoms with van der Waals surface area (Å²) in [4.78, 5) is 14.6. The molecule has 8 heteroatoms. The highest BCUT2D eigenvalue weighted by Crippen LogP contribution is 2.34. The Hall–Kier alpha value is -2.22. The molecule has 0 aliphatic rings.